The van der Waals surface area contributed by atoms with E-state index >= 15 is 0 Å². The molecule has 0 aliphatic carbocycles. The number of benzene rings is 2. The zero-order valence-electron chi connectivity index (χ0n) is 19.4. The van der Waals surface area contributed by atoms with Gasteiger partial charge in [0.15, 0.2) is 11.6 Å². The molecule has 2 unspecified atom stereocenters. The molecule has 2 bridgehead atoms. The predicted octanol–water partition coefficient (Wildman–Crippen LogP) is 3.12. The van der Waals surface area contributed by atoms with Crippen molar-refractivity contribution in [2.45, 2.75) is 38.3 Å². The average molecular weight is 468 g/mol. The molecule has 2 heterocycles. The maximum atomic E-state index is 6.13. The molecule has 0 saturated heterocycles. The zero-order valence-corrected chi connectivity index (χ0v) is 19.4. The molecule has 34 heavy (non-hydrogen) atoms. The Hall–Kier alpha value is -2.62. The fraction of sp³-hybridized carbons (Fsp3) is 0.462. The molecule has 8 nitrogen and oxygen atoms in total. The number of rotatable bonds is 4. The quantitative estimate of drug-likeness (QED) is 0.631. The van der Waals surface area contributed by atoms with Gasteiger partial charge in [0.05, 0.1) is 51.8 Å². The van der Waals surface area contributed by atoms with Crippen LogP contribution in [0.1, 0.15) is 22.8 Å². The monoisotopic (exact) mass is 467 g/mol. The summed E-state index contributed by atoms with van der Waals surface area (Å²) in [6.45, 7) is 3.58. The van der Waals surface area contributed by atoms with Gasteiger partial charge in [-0.3, -0.25) is 5.10 Å². The second-order valence-corrected chi connectivity index (χ2v) is 8.21. The Morgan fingerprint density at radius 3 is 1.79 bits per heavy atom. The molecular formula is C26H33N3O5. The molecule has 0 amide bonds. The number of hydrogen-bond donors (Lipinski definition) is 1. The van der Waals surface area contributed by atoms with E-state index in [-0.39, 0.29) is 12.2 Å². The zero-order chi connectivity index (χ0) is 23.3. The van der Waals surface area contributed by atoms with Crippen LogP contribution >= 0.6 is 0 Å². The highest BCUT2D eigenvalue weighted by molar-refractivity contribution is 5.16. The number of hydrogen-bond acceptors (Lipinski definition) is 7. The van der Waals surface area contributed by atoms with E-state index in [0.29, 0.717) is 64.5 Å². The van der Waals surface area contributed by atoms with Gasteiger partial charge >= 0.3 is 0 Å². The first-order chi connectivity index (χ1) is 16.8. The molecule has 0 spiro atoms. The van der Waals surface area contributed by atoms with Gasteiger partial charge in [-0.15, -0.1) is 0 Å². The third kappa shape index (κ3) is 8.62. The minimum atomic E-state index is -0.113. The summed E-state index contributed by atoms with van der Waals surface area (Å²) >= 11 is 0. The van der Waals surface area contributed by atoms with Crippen LogP contribution in [0.25, 0.3) is 0 Å². The average Bonchev–Trinajstić information content (AvgIpc) is 3.33. The van der Waals surface area contributed by atoms with Crippen LogP contribution in [0.3, 0.4) is 0 Å². The molecule has 1 aliphatic heterocycles. The second kappa shape index (κ2) is 13.9. The number of nitrogens with zero attached hydrogens (tertiary/aromatic N) is 2. The number of ether oxygens (including phenoxy) is 5. The van der Waals surface area contributed by atoms with Crippen LogP contribution in [0.5, 0.6) is 0 Å². The van der Waals surface area contributed by atoms with Crippen LogP contribution in [-0.2, 0) is 49.7 Å². The van der Waals surface area contributed by atoms with Crippen molar-refractivity contribution >= 4 is 0 Å². The van der Waals surface area contributed by atoms with Gasteiger partial charge in [0.25, 0.3) is 0 Å². The Kier molecular flexibility index (Phi) is 10.0. The first kappa shape index (κ1) is 24.5. The molecule has 0 saturated carbocycles. The van der Waals surface area contributed by atoms with Gasteiger partial charge in [-0.05, 0) is 11.1 Å². The van der Waals surface area contributed by atoms with Crippen LogP contribution in [0.2, 0.25) is 0 Å². The third-order valence-electron chi connectivity index (χ3n) is 5.45. The van der Waals surface area contributed by atoms with Crippen LogP contribution < -0.4 is 0 Å². The standard InChI is InChI=1S/C26H33N3O5/c1-3-7-21(8-4-1)15-23-17-31-13-11-30-12-14-32-18-24(16-22-9-5-2-6-10-22)34-20-26-27-25(19-33-23)28-29-26/h1-10,23-24H,11-20H2,(H,27,28,29). The number of fused-ring (bicyclic) bond motifs is 2. The molecule has 182 valence electrons. The Morgan fingerprint density at radius 2 is 1.21 bits per heavy atom. The number of nitrogens with one attached hydrogen (secondary N) is 1. The largest absolute Gasteiger partial charge is 0.377 e. The van der Waals surface area contributed by atoms with Crippen molar-refractivity contribution in [3.05, 3.63) is 83.4 Å². The van der Waals surface area contributed by atoms with E-state index in [0.717, 1.165) is 12.8 Å². The Morgan fingerprint density at radius 1 is 0.676 bits per heavy atom. The molecule has 0 fully saturated rings. The molecule has 2 atom stereocenters. The van der Waals surface area contributed by atoms with Crippen molar-refractivity contribution in [3.63, 3.8) is 0 Å². The van der Waals surface area contributed by atoms with Crippen LogP contribution in [0.4, 0.5) is 0 Å². The van der Waals surface area contributed by atoms with E-state index in [1.165, 1.54) is 11.1 Å². The third-order valence-corrected chi connectivity index (χ3v) is 5.45. The first-order valence-corrected chi connectivity index (χ1v) is 11.8. The predicted molar refractivity (Wildman–Crippen MR) is 126 cm³/mol. The SMILES string of the molecule is c1ccc(CC2COCCOCCOCC(Cc3ccccc3)OCc3nc(n[nH]3)CO2)cc1. The maximum Gasteiger partial charge on any atom is 0.176 e. The lowest BCUT2D eigenvalue weighted by atomic mass is 10.1. The normalized spacial score (nSPS) is 21.4. The van der Waals surface area contributed by atoms with E-state index in [4.69, 9.17) is 23.7 Å². The van der Waals surface area contributed by atoms with E-state index in [9.17, 15) is 0 Å². The summed E-state index contributed by atoms with van der Waals surface area (Å²) in [6, 6.07) is 20.5. The Balaban J connectivity index is 1.37. The van der Waals surface area contributed by atoms with Gasteiger partial charge in [0, 0.05) is 12.8 Å². The molecule has 1 aromatic heterocycles. The summed E-state index contributed by atoms with van der Waals surface area (Å²) in [5, 5.41) is 7.25. The summed E-state index contributed by atoms with van der Waals surface area (Å²) < 4.78 is 29.5. The summed E-state index contributed by atoms with van der Waals surface area (Å²) in [5.41, 5.74) is 2.39. The second-order valence-electron chi connectivity index (χ2n) is 8.21. The van der Waals surface area contributed by atoms with Gasteiger partial charge in [-0.25, -0.2) is 4.98 Å². The first-order valence-electron chi connectivity index (χ1n) is 11.8. The lowest BCUT2D eigenvalue weighted by Gasteiger charge is -2.19. The molecule has 8 heteroatoms. The van der Waals surface area contributed by atoms with Crippen molar-refractivity contribution in [1.29, 1.82) is 0 Å². The molecule has 4 rings (SSSR count). The summed E-state index contributed by atoms with van der Waals surface area (Å²) in [4.78, 5) is 4.54. The van der Waals surface area contributed by atoms with Crippen LogP contribution in [-0.4, -0.2) is 67.0 Å². The van der Waals surface area contributed by atoms with Crippen molar-refractivity contribution < 1.29 is 23.7 Å². The Labute approximate surface area is 200 Å². The lowest BCUT2D eigenvalue weighted by molar-refractivity contribution is -0.0545. The number of aromatic amines is 1. The van der Waals surface area contributed by atoms with Crippen molar-refractivity contribution in [2.75, 3.05) is 39.6 Å². The van der Waals surface area contributed by atoms with Crippen molar-refractivity contribution in [3.8, 4) is 0 Å². The topological polar surface area (TPSA) is 87.7 Å². The van der Waals surface area contributed by atoms with Crippen LogP contribution in [0.15, 0.2) is 60.7 Å². The van der Waals surface area contributed by atoms with Crippen molar-refractivity contribution in [2.24, 2.45) is 0 Å². The van der Waals surface area contributed by atoms with Gasteiger partial charge in [-0.1, -0.05) is 60.7 Å². The summed E-state index contributed by atoms with van der Waals surface area (Å²) in [5.74, 6) is 1.26. The number of H-pyrrole nitrogens is 1. The minimum absolute atomic E-state index is 0.107. The van der Waals surface area contributed by atoms with Crippen molar-refractivity contribution in [1.82, 2.24) is 15.2 Å². The highest BCUT2D eigenvalue weighted by atomic mass is 16.6. The fourth-order valence-corrected chi connectivity index (χ4v) is 3.71. The summed E-state index contributed by atoms with van der Waals surface area (Å²) in [6.07, 6.45) is 1.28. The van der Waals surface area contributed by atoms with E-state index in [1.54, 1.807) is 0 Å². The molecule has 0 radical (unpaired) electrons. The molecular weight excluding hydrogens is 434 g/mol. The summed E-state index contributed by atoms with van der Waals surface area (Å²) in [7, 11) is 0. The van der Waals surface area contributed by atoms with Gasteiger partial charge in [-0.2, -0.15) is 5.10 Å². The van der Waals surface area contributed by atoms with E-state index in [2.05, 4.69) is 39.4 Å². The van der Waals surface area contributed by atoms with Gasteiger partial charge < -0.3 is 23.7 Å². The molecule has 3 aromatic rings. The maximum absolute atomic E-state index is 6.13. The molecule has 1 aliphatic rings. The fourth-order valence-electron chi connectivity index (χ4n) is 3.71. The smallest absolute Gasteiger partial charge is 0.176 e. The Bertz CT molecular complexity index is 864. The minimum Gasteiger partial charge on any atom is -0.377 e. The molecule has 2 aromatic carbocycles. The van der Waals surface area contributed by atoms with Crippen LogP contribution in [0, 0.1) is 0 Å². The highest BCUT2D eigenvalue weighted by Crippen LogP contribution is 2.11. The number of aromatic nitrogens is 3. The van der Waals surface area contributed by atoms with E-state index in [1.807, 2.05) is 36.4 Å². The van der Waals surface area contributed by atoms with Gasteiger partial charge in [0.2, 0.25) is 0 Å². The van der Waals surface area contributed by atoms with Gasteiger partial charge in [0.1, 0.15) is 13.2 Å². The lowest BCUT2D eigenvalue weighted by Crippen LogP contribution is -2.25. The highest BCUT2D eigenvalue weighted by Gasteiger charge is 2.16. The molecule has 1 N–H and O–H groups in total. The van der Waals surface area contributed by atoms with E-state index < -0.39 is 0 Å².